The molecule has 0 aliphatic carbocycles. The molecule has 1 atom stereocenters. The fraction of sp³-hybridized carbons (Fsp3) is 0.364. The summed E-state index contributed by atoms with van der Waals surface area (Å²) in [5, 5.41) is 9.12. The first-order valence-electron chi connectivity index (χ1n) is 5.20. The smallest absolute Gasteiger partial charge is 0.325 e. The molecule has 7 heteroatoms. The molecule has 1 unspecified atom stereocenters. The predicted molar refractivity (Wildman–Crippen MR) is 63.6 cm³/mol. The number of carboxylic acid groups (broad SMARTS) is 1. The number of hydrogen-bond donors (Lipinski definition) is 2. The van der Waals surface area contributed by atoms with E-state index in [0.717, 1.165) is 0 Å². The van der Waals surface area contributed by atoms with Crippen molar-refractivity contribution in [1.82, 2.24) is 0 Å². The fourth-order valence-electron chi connectivity index (χ4n) is 1.72. The zero-order chi connectivity index (χ0) is 13.3. The van der Waals surface area contributed by atoms with Crippen LogP contribution in [0.25, 0.3) is 0 Å². The summed E-state index contributed by atoms with van der Waals surface area (Å²) in [5.41, 5.74) is 5.83. The molecule has 18 heavy (non-hydrogen) atoms. The number of fused-ring (bicyclic) bond motifs is 1. The van der Waals surface area contributed by atoms with Gasteiger partial charge in [0.15, 0.2) is 11.5 Å². The Morgan fingerprint density at radius 3 is 2.83 bits per heavy atom. The molecule has 1 aromatic rings. The highest BCUT2D eigenvalue weighted by molar-refractivity contribution is 6.34. The molecule has 0 saturated heterocycles. The molecule has 1 aliphatic heterocycles. The summed E-state index contributed by atoms with van der Waals surface area (Å²) >= 11 is 6.10. The van der Waals surface area contributed by atoms with Gasteiger partial charge in [-0.2, -0.15) is 0 Å². The summed E-state index contributed by atoms with van der Waals surface area (Å²) in [4.78, 5) is 11.0. The lowest BCUT2D eigenvalue weighted by molar-refractivity contribution is -0.138. The molecule has 0 saturated carbocycles. The standard InChI is InChI=1S/C11H12ClNO5/c1-16-9-5(8(13)11(14)15)4-6-10(7(9)12)18-3-2-17-6/h4,8H,2-3,13H2,1H3,(H,14,15). The van der Waals surface area contributed by atoms with Gasteiger partial charge in [0, 0.05) is 5.56 Å². The number of carbonyl (C=O) groups is 1. The van der Waals surface area contributed by atoms with Gasteiger partial charge in [0.25, 0.3) is 0 Å². The molecule has 0 aromatic heterocycles. The monoisotopic (exact) mass is 273 g/mol. The van der Waals surface area contributed by atoms with Gasteiger partial charge in [-0.3, -0.25) is 4.79 Å². The highest BCUT2D eigenvalue weighted by Crippen LogP contribution is 2.46. The third-order valence-electron chi connectivity index (χ3n) is 2.56. The van der Waals surface area contributed by atoms with Crippen LogP contribution >= 0.6 is 11.6 Å². The van der Waals surface area contributed by atoms with Gasteiger partial charge in [-0.15, -0.1) is 0 Å². The third kappa shape index (κ3) is 2.04. The lowest BCUT2D eigenvalue weighted by Crippen LogP contribution is -2.23. The molecule has 98 valence electrons. The van der Waals surface area contributed by atoms with Crippen LogP contribution in [0.15, 0.2) is 6.07 Å². The lowest BCUT2D eigenvalue weighted by Gasteiger charge is -2.23. The Morgan fingerprint density at radius 2 is 2.22 bits per heavy atom. The zero-order valence-corrected chi connectivity index (χ0v) is 10.4. The SMILES string of the molecule is COc1c(C(N)C(=O)O)cc2c(c1Cl)OCCO2. The van der Waals surface area contributed by atoms with Crippen molar-refractivity contribution in [3.05, 3.63) is 16.7 Å². The Kier molecular flexibility index (Phi) is 3.49. The third-order valence-corrected chi connectivity index (χ3v) is 2.91. The number of rotatable bonds is 3. The molecule has 0 spiro atoms. The summed E-state index contributed by atoms with van der Waals surface area (Å²) in [7, 11) is 1.38. The number of halogens is 1. The van der Waals surface area contributed by atoms with E-state index in [1.165, 1.54) is 13.2 Å². The average molecular weight is 274 g/mol. The summed E-state index contributed by atoms with van der Waals surface area (Å²) in [6.07, 6.45) is 0. The van der Waals surface area contributed by atoms with Crippen molar-refractivity contribution in [2.75, 3.05) is 20.3 Å². The lowest BCUT2D eigenvalue weighted by atomic mass is 10.1. The van der Waals surface area contributed by atoms with Crippen LogP contribution in [-0.2, 0) is 4.79 Å². The van der Waals surface area contributed by atoms with Gasteiger partial charge in [0.05, 0.1) is 7.11 Å². The first-order valence-corrected chi connectivity index (χ1v) is 5.58. The molecule has 6 nitrogen and oxygen atoms in total. The van der Waals surface area contributed by atoms with Gasteiger partial charge in [-0.25, -0.2) is 0 Å². The Bertz CT molecular complexity index is 491. The van der Waals surface area contributed by atoms with E-state index in [1.54, 1.807) is 0 Å². The highest BCUT2D eigenvalue weighted by atomic mass is 35.5. The van der Waals surface area contributed by atoms with E-state index in [1.807, 2.05) is 0 Å². The van der Waals surface area contributed by atoms with Gasteiger partial charge >= 0.3 is 5.97 Å². The van der Waals surface area contributed by atoms with Crippen molar-refractivity contribution in [3.63, 3.8) is 0 Å². The van der Waals surface area contributed by atoms with Gasteiger partial charge < -0.3 is 25.1 Å². The van der Waals surface area contributed by atoms with Crippen LogP contribution in [0.2, 0.25) is 5.02 Å². The second-order valence-corrected chi connectivity index (χ2v) is 4.03. The molecule has 2 rings (SSSR count). The number of methoxy groups -OCH3 is 1. The number of hydrogen-bond acceptors (Lipinski definition) is 5. The van der Waals surface area contributed by atoms with Crippen molar-refractivity contribution in [2.24, 2.45) is 5.73 Å². The number of carboxylic acids is 1. The quantitative estimate of drug-likeness (QED) is 0.860. The Morgan fingerprint density at radius 1 is 1.56 bits per heavy atom. The largest absolute Gasteiger partial charge is 0.495 e. The Balaban J connectivity index is 2.58. The van der Waals surface area contributed by atoms with Crippen molar-refractivity contribution in [1.29, 1.82) is 0 Å². The molecular weight excluding hydrogens is 262 g/mol. The molecular formula is C11H12ClNO5. The number of ether oxygens (including phenoxy) is 3. The summed E-state index contributed by atoms with van der Waals surface area (Å²) in [6, 6.07) is 0.242. The average Bonchev–Trinajstić information content (AvgIpc) is 2.37. The molecule has 1 heterocycles. The normalized spacial score (nSPS) is 15.1. The van der Waals surface area contributed by atoms with Crippen LogP contribution in [0, 0.1) is 0 Å². The molecule has 0 fully saturated rings. The molecule has 1 aromatic carbocycles. The molecule has 0 radical (unpaired) electrons. The summed E-state index contributed by atoms with van der Waals surface area (Å²) < 4.78 is 15.8. The number of benzene rings is 1. The Hall–Kier alpha value is -1.66. The van der Waals surface area contributed by atoms with Gasteiger partial charge in [-0.1, -0.05) is 11.6 Å². The van der Waals surface area contributed by atoms with E-state index >= 15 is 0 Å². The molecule has 3 N–H and O–H groups in total. The first-order chi connectivity index (χ1) is 8.56. The van der Waals surface area contributed by atoms with E-state index in [-0.39, 0.29) is 16.3 Å². The second-order valence-electron chi connectivity index (χ2n) is 3.65. The highest BCUT2D eigenvalue weighted by Gasteiger charge is 2.27. The predicted octanol–water partition coefficient (Wildman–Crippen LogP) is 1.20. The second kappa shape index (κ2) is 4.91. The Labute approximate surface area is 108 Å². The van der Waals surface area contributed by atoms with Crippen molar-refractivity contribution in [2.45, 2.75) is 6.04 Å². The van der Waals surface area contributed by atoms with Crippen LogP contribution in [0.3, 0.4) is 0 Å². The van der Waals surface area contributed by atoms with E-state index < -0.39 is 12.0 Å². The van der Waals surface area contributed by atoms with Crippen LogP contribution in [0.4, 0.5) is 0 Å². The molecule has 0 bridgehead atoms. The maximum Gasteiger partial charge on any atom is 0.325 e. The molecule has 1 aliphatic rings. The van der Waals surface area contributed by atoms with E-state index in [2.05, 4.69) is 0 Å². The topological polar surface area (TPSA) is 91.0 Å². The minimum atomic E-state index is -1.24. The van der Waals surface area contributed by atoms with E-state index in [9.17, 15) is 4.79 Å². The maximum atomic E-state index is 11.0. The van der Waals surface area contributed by atoms with Crippen LogP contribution < -0.4 is 19.9 Å². The zero-order valence-electron chi connectivity index (χ0n) is 9.60. The number of nitrogens with two attached hydrogens (primary N) is 1. The van der Waals surface area contributed by atoms with Gasteiger partial charge in [0.2, 0.25) is 0 Å². The van der Waals surface area contributed by atoms with Crippen molar-refractivity contribution >= 4 is 17.6 Å². The minimum Gasteiger partial charge on any atom is -0.495 e. The molecule has 0 amide bonds. The fourth-order valence-corrected chi connectivity index (χ4v) is 2.05. The van der Waals surface area contributed by atoms with E-state index in [4.69, 9.17) is 36.7 Å². The number of aliphatic carboxylic acids is 1. The maximum absolute atomic E-state index is 11.0. The van der Waals surface area contributed by atoms with Crippen molar-refractivity contribution < 1.29 is 24.1 Å². The summed E-state index contributed by atoms with van der Waals surface area (Å²) in [6.45, 7) is 0.748. The van der Waals surface area contributed by atoms with Crippen LogP contribution in [0.1, 0.15) is 11.6 Å². The summed E-state index contributed by atoms with van der Waals surface area (Å²) in [5.74, 6) is -0.267. The first kappa shape index (κ1) is 12.8. The van der Waals surface area contributed by atoms with Gasteiger partial charge in [0.1, 0.15) is 30.0 Å². The van der Waals surface area contributed by atoms with Crippen LogP contribution in [-0.4, -0.2) is 31.4 Å². The van der Waals surface area contributed by atoms with Crippen molar-refractivity contribution in [3.8, 4) is 17.2 Å². The van der Waals surface area contributed by atoms with Crippen LogP contribution in [0.5, 0.6) is 17.2 Å². The van der Waals surface area contributed by atoms with Gasteiger partial charge in [-0.05, 0) is 6.07 Å². The minimum absolute atomic E-state index is 0.168. The van der Waals surface area contributed by atoms with E-state index in [0.29, 0.717) is 24.7 Å².